The molecule has 44 heavy (non-hydrogen) atoms. The zero-order valence-electron chi connectivity index (χ0n) is 26.0. The number of fused-ring (bicyclic) bond motifs is 1. The summed E-state index contributed by atoms with van der Waals surface area (Å²) in [4.78, 5) is 22.3. The van der Waals surface area contributed by atoms with Crippen LogP contribution in [0.1, 0.15) is 24.1 Å². The molecule has 0 aliphatic carbocycles. The van der Waals surface area contributed by atoms with E-state index in [0.29, 0.717) is 6.04 Å². The van der Waals surface area contributed by atoms with Gasteiger partial charge in [-0.1, -0.05) is 48.5 Å². The van der Waals surface area contributed by atoms with Crippen LogP contribution in [0.15, 0.2) is 71.8 Å². The van der Waals surface area contributed by atoms with Crippen LogP contribution in [-0.4, -0.2) is 103 Å². The van der Waals surface area contributed by atoms with Crippen molar-refractivity contribution in [3.63, 3.8) is 0 Å². The number of rotatable bonds is 12. The third kappa shape index (κ3) is 7.35. The number of aromatic nitrogens is 3. The van der Waals surface area contributed by atoms with Crippen LogP contribution in [0.4, 0.5) is 5.82 Å². The summed E-state index contributed by atoms with van der Waals surface area (Å²) in [5.41, 5.74) is 4.50. The number of nitrogens with one attached hydrogen (secondary N) is 1. The second kappa shape index (κ2) is 15.2. The minimum absolute atomic E-state index is 0.574. The summed E-state index contributed by atoms with van der Waals surface area (Å²) < 4.78 is 11.1. The van der Waals surface area contributed by atoms with Gasteiger partial charge >= 0.3 is 0 Å². The van der Waals surface area contributed by atoms with Gasteiger partial charge in [0.2, 0.25) is 0 Å². The smallest absolute Gasteiger partial charge is 0.162 e. The van der Waals surface area contributed by atoms with Gasteiger partial charge in [0.05, 0.1) is 30.4 Å². The van der Waals surface area contributed by atoms with E-state index >= 15 is 0 Å². The van der Waals surface area contributed by atoms with Gasteiger partial charge in [-0.25, -0.2) is 9.97 Å². The van der Waals surface area contributed by atoms with Crippen molar-refractivity contribution in [2.24, 2.45) is 0 Å². The third-order valence-electron chi connectivity index (χ3n) is 8.75. The fourth-order valence-corrected chi connectivity index (χ4v) is 7.03. The number of ether oxygens (including phenoxy) is 2. The van der Waals surface area contributed by atoms with E-state index in [1.165, 1.54) is 18.4 Å². The van der Waals surface area contributed by atoms with Crippen LogP contribution in [0.2, 0.25) is 0 Å². The quantitative estimate of drug-likeness (QED) is 0.201. The zero-order chi connectivity index (χ0) is 30.1. The summed E-state index contributed by atoms with van der Waals surface area (Å²) in [6.45, 7) is 8.90. The molecule has 0 saturated carbocycles. The first-order valence-corrected chi connectivity index (χ1v) is 17.0. The molecule has 6 rings (SSSR count). The highest BCUT2D eigenvalue weighted by molar-refractivity contribution is 7.98. The van der Waals surface area contributed by atoms with Gasteiger partial charge in [0.1, 0.15) is 5.82 Å². The molecule has 1 N–H and O–H groups in total. The number of nitrogens with zero attached hydrogens (tertiary/aromatic N) is 5. The predicted molar refractivity (Wildman–Crippen MR) is 181 cm³/mol. The molecule has 2 aliphatic rings. The van der Waals surface area contributed by atoms with Crippen LogP contribution in [0.3, 0.4) is 0 Å². The maximum absolute atomic E-state index is 5.67. The Kier molecular flexibility index (Phi) is 10.6. The fourth-order valence-electron chi connectivity index (χ4n) is 6.35. The van der Waals surface area contributed by atoms with E-state index in [1.54, 1.807) is 18.9 Å². The van der Waals surface area contributed by atoms with Crippen molar-refractivity contribution in [1.29, 1.82) is 0 Å². The molecule has 0 radical (unpaired) electrons. The van der Waals surface area contributed by atoms with Gasteiger partial charge in [0.15, 0.2) is 5.82 Å². The normalized spacial score (nSPS) is 16.9. The van der Waals surface area contributed by atoms with Crippen LogP contribution in [0.25, 0.3) is 28.4 Å². The molecule has 0 bridgehead atoms. The zero-order valence-corrected chi connectivity index (χ0v) is 26.8. The molecule has 8 nitrogen and oxygen atoms in total. The largest absolute Gasteiger partial charge is 0.383 e. The van der Waals surface area contributed by atoms with E-state index in [9.17, 15) is 0 Å². The summed E-state index contributed by atoms with van der Waals surface area (Å²) in [7, 11) is 1.79. The minimum Gasteiger partial charge on any atom is -0.383 e. The Bertz CT molecular complexity index is 1510. The molecule has 0 unspecified atom stereocenters. The molecule has 4 aromatic rings. The summed E-state index contributed by atoms with van der Waals surface area (Å²) >= 11 is 1.73. The van der Waals surface area contributed by atoms with Crippen molar-refractivity contribution < 1.29 is 9.47 Å². The van der Waals surface area contributed by atoms with Crippen LogP contribution >= 0.6 is 11.8 Å². The SMILES string of the molecule is COCCN(Cc1ccccc1)C1CCN(C/C=C/c2nc(-c3cccc4[nH]ccc34)nc(N3CCOCC3)c2SC)CC1. The molecule has 9 heteroatoms. The second-order valence-corrected chi connectivity index (χ2v) is 12.3. The number of methoxy groups -OCH3 is 1. The van der Waals surface area contributed by atoms with Crippen molar-refractivity contribution in [2.45, 2.75) is 30.3 Å². The summed E-state index contributed by atoms with van der Waals surface area (Å²) in [5, 5.41) is 1.14. The third-order valence-corrected chi connectivity index (χ3v) is 9.55. The van der Waals surface area contributed by atoms with E-state index in [1.807, 2.05) is 6.20 Å². The first kappa shape index (κ1) is 30.8. The molecule has 4 heterocycles. The van der Waals surface area contributed by atoms with Gasteiger partial charge in [-0.3, -0.25) is 9.80 Å². The van der Waals surface area contributed by atoms with E-state index in [-0.39, 0.29) is 0 Å². The Morgan fingerprint density at radius 2 is 1.84 bits per heavy atom. The highest BCUT2D eigenvalue weighted by atomic mass is 32.2. The van der Waals surface area contributed by atoms with Gasteiger partial charge in [-0.05, 0) is 56.0 Å². The maximum Gasteiger partial charge on any atom is 0.162 e. The maximum atomic E-state index is 5.67. The van der Waals surface area contributed by atoms with Crippen molar-refractivity contribution in [3.05, 3.63) is 78.1 Å². The number of piperidine rings is 1. The lowest BCUT2D eigenvalue weighted by Crippen LogP contribution is -2.45. The first-order chi connectivity index (χ1) is 21.7. The lowest BCUT2D eigenvalue weighted by atomic mass is 10.0. The van der Waals surface area contributed by atoms with E-state index < -0.39 is 0 Å². The van der Waals surface area contributed by atoms with Gasteiger partial charge in [0, 0.05) is 68.5 Å². The van der Waals surface area contributed by atoms with Gasteiger partial charge < -0.3 is 19.4 Å². The highest BCUT2D eigenvalue weighted by Crippen LogP contribution is 2.35. The van der Waals surface area contributed by atoms with E-state index in [0.717, 1.165) is 104 Å². The van der Waals surface area contributed by atoms with Crippen molar-refractivity contribution in [3.8, 4) is 11.4 Å². The number of morpholine rings is 1. The Morgan fingerprint density at radius 1 is 1.02 bits per heavy atom. The molecule has 232 valence electrons. The molecule has 2 aliphatic heterocycles. The number of aromatic amines is 1. The van der Waals surface area contributed by atoms with Crippen LogP contribution in [0, 0.1) is 0 Å². The van der Waals surface area contributed by atoms with Gasteiger partial charge in [-0.2, -0.15) is 0 Å². The molecule has 0 atom stereocenters. The summed E-state index contributed by atoms with van der Waals surface area (Å²) in [5.74, 6) is 1.78. The number of thioether (sulfide) groups is 1. The highest BCUT2D eigenvalue weighted by Gasteiger charge is 2.25. The second-order valence-electron chi connectivity index (χ2n) is 11.5. The summed E-state index contributed by atoms with van der Waals surface area (Å²) in [6, 6.07) is 19.8. The number of anilines is 1. The number of hydrogen-bond donors (Lipinski definition) is 1. The molecule has 2 aromatic heterocycles. The lowest BCUT2D eigenvalue weighted by Gasteiger charge is -2.38. The molecule has 2 saturated heterocycles. The van der Waals surface area contributed by atoms with Crippen LogP contribution in [0.5, 0.6) is 0 Å². The Hall–Kier alpha value is -3.21. The van der Waals surface area contributed by atoms with E-state index in [2.05, 4.69) is 92.7 Å². The molecular formula is C35H44N6O2S. The van der Waals surface area contributed by atoms with Gasteiger partial charge in [-0.15, -0.1) is 11.8 Å². The Balaban J connectivity index is 1.18. The summed E-state index contributed by atoms with van der Waals surface area (Å²) in [6.07, 6.45) is 10.9. The lowest BCUT2D eigenvalue weighted by molar-refractivity contribution is 0.0768. The molecule has 0 amide bonds. The average molecular weight is 613 g/mol. The Labute approximate surface area is 265 Å². The number of hydrogen-bond acceptors (Lipinski definition) is 8. The average Bonchev–Trinajstić information content (AvgIpc) is 3.57. The Morgan fingerprint density at radius 3 is 2.61 bits per heavy atom. The predicted octanol–water partition coefficient (Wildman–Crippen LogP) is 5.81. The number of benzene rings is 2. The molecule has 2 aromatic carbocycles. The monoisotopic (exact) mass is 612 g/mol. The minimum atomic E-state index is 0.574. The van der Waals surface area contributed by atoms with E-state index in [4.69, 9.17) is 19.4 Å². The van der Waals surface area contributed by atoms with Crippen LogP contribution < -0.4 is 4.90 Å². The molecular weight excluding hydrogens is 568 g/mol. The molecule has 0 spiro atoms. The number of H-pyrrole nitrogens is 1. The fraction of sp³-hybridized carbons (Fsp3) is 0.429. The number of likely N-dealkylation sites (tertiary alicyclic amines) is 1. The van der Waals surface area contributed by atoms with Crippen molar-refractivity contribution in [2.75, 3.05) is 77.4 Å². The van der Waals surface area contributed by atoms with Crippen LogP contribution in [-0.2, 0) is 16.0 Å². The van der Waals surface area contributed by atoms with Crippen molar-refractivity contribution >= 4 is 34.6 Å². The topological polar surface area (TPSA) is 69.8 Å². The van der Waals surface area contributed by atoms with Gasteiger partial charge in [0.25, 0.3) is 0 Å². The van der Waals surface area contributed by atoms with Crippen molar-refractivity contribution in [1.82, 2.24) is 24.8 Å². The molecule has 2 fully saturated rings. The first-order valence-electron chi connectivity index (χ1n) is 15.7. The standard InChI is InChI=1S/C35H44N6O2S/c1-42-23-20-41(26-27-8-4-3-5-9-27)28-14-18-39(19-15-28)17-7-12-32-33(44-2)35(40-21-24-43-25-22-40)38-34(37-32)30-10-6-11-31-29(30)13-16-36-31/h3-13,16,28,36H,14-15,17-26H2,1-2H3/b12-7+.